The number of hydrogen-bond acceptors (Lipinski definition) is 3. The van der Waals surface area contributed by atoms with Gasteiger partial charge in [-0.25, -0.2) is 4.39 Å². The van der Waals surface area contributed by atoms with E-state index in [-0.39, 0.29) is 11.9 Å². The molecule has 1 unspecified atom stereocenters. The van der Waals surface area contributed by atoms with Crippen molar-refractivity contribution in [1.29, 1.82) is 0 Å². The Balaban J connectivity index is 1.87. The molecule has 2 rings (SSSR count). The largest absolute Gasteiger partial charge is 0.313 e. The van der Waals surface area contributed by atoms with E-state index in [9.17, 15) is 8.60 Å². The third-order valence-corrected chi connectivity index (χ3v) is 4.88. The average Bonchev–Trinajstić information content (AvgIpc) is 2.42. The summed E-state index contributed by atoms with van der Waals surface area (Å²) in [5.41, 5.74) is 0.989. The van der Waals surface area contributed by atoms with Gasteiger partial charge in [-0.1, -0.05) is 12.1 Å². The Morgan fingerprint density at radius 1 is 1.42 bits per heavy atom. The van der Waals surface area contributed by atoms with Crippen molar-refractivity contribution in [1.82, 2.24) is 10.2 Å². The molecule has 0 amide bonds. The molecule has 1 fully saturated rings. The first-order valence-electron chi connectivity index (χ1n) is 6.69. The molecule has 1 aromatic rings. The van der Waals surface area contributed by atoms with E-state index >= 15 is 0 Å². The first-order chi connectivity index (χ1) is 9.19. The van der Waals surface area contributed by atoms with Gasteiger partial charge in [-0.3, -0.25) is 4.21 Å². The maximum absolute atomic E-state index is 13.2. The Hall–Kier alpha value is -0.780. The molecule has 1 aromatic carbocycles. The van der Waals surface area contributed by atoms with Crippen LogP contribution in [0.1, 0.15) is 18.0 Å². The number of rotatable bonds is 5. The van der Waals surface area contributed by atoms with Crippen LogP contribution in [0.3, 0.4) is 0 Å². The van der Waals surface area contributed by atoms with Crippen LogP contribution in [0, 0.1) is 5.82 Å². The molecule has 0 aliphatic carbocycles. The van der Waals surface area contributed by atoms with Gasteiger partial charge >= 0.3 is 0 Å². The topological polar surface area (TPSA) is 32.3 Å². The highest BCUT2D eigenvalue weighted by molar-refractivity contribution is 7.85. The molecular formula is C14H21FN2OS. The molecule has 1 atom stereocenters. The monoisotopic (exact) mass is 284 g/mol. The number of hydrogen-bond donors (Lipinski definition) is 1. The number of nitrogens with one attached hydrogen (secondary N) is 1. The Kier molecular flexibility index (Phi) is 5.48. The van der Waals surface area contributed by atoms with E-state index < -0.39 is 10.8 Å². The van der Waals surface area contributed by atoms with Crippen LogP contribution in [-0.4, -0.2) is 47.3 Å². The summed E-state index contributed by atoms with van der Waals surface area (Å²) in [4.78, 5) is 2.34. The van der Waals surface area contributed by atoms with Crippen LogP contribution in [0.25, 0.3) is 0 Å². The summed E-state index contributed by atoms with van der Waals surface area (Å²) in [6, 6.07) is 6.93. The van der Waals surface area contributed by atoms with E-state index in [0.717, 1.165) is 43.1 Å². The molecule has 1 aliphatic heterocycles. The van der Waals surface area contributed by atoms with E-state index in [0.29, 0.717) is 0 Å². The van der Waals surface area contributed by atoms with E-state index in [2.05, 4.69) is 10.2 Å². The van der Waals surface area contributed by atoms with Gasteiger partial charge in [-0.15, -0.1) is 0 Å². The maximum atomic E-state index is 13.2. The minimum Gasteiger partial charge on any atom is -0.313 e. The van der Waals surface area contributed by atoms with Gasteiger partial charge in [-0.2, -0.15) is 0 Å². The highest BCUT2D eigenvalue weighted by Crippen LogP contribution is 2.18. The van der Waals surface area contributed by atoms with Crippen molar-refractivity contribution in [2.24, 2.45) is 0 Å². The van der Waals surface area contributed by atoms with Crippen molar-refractivity contribution in [3.63, 3.8) is 0 Å². The van der Waals surface area contributed by atoms with Gasteiger partial charge in [0.15, 0.2) is 0 Å². The molecule has 5 heteroatoms. The van der Waals surface area contributed by atoms with Gasteiger partial charge < -0.3 is 10.2 Å². The van der Waals surface area contributed by atoms with Crippen molar-refractivity contribution in [3.8, 4) is 0 Å². The van der Waals surface area contributed by atoms with Crippen molar-refractivity contribution in [2.45, 2.75) is 12.5 Å². The molecule has 1 heterocycles. The summed E-state index contributed by atoms with van der Waals surface area (Å²) >= 11 is 0. The molecule has 0 bridgehead atoms. The zero-order valence-corrected chi connectivity index (χ0v) is 12.1. The summed E-state index contributed by atoms with van der Waals surface area (Å²) in [5, 5.41) is 3.24. The van der Waals surface area contributed by atoms with Gasteiger partial charge in [0, 0.05) is 48.0 Å². The van der Waals surface area contributed by atoms with Gasteiger partial charge in [0.1, 0.15) is 5.82 Å². The lowest BCUT2D eigenvalue weighted by molar-refractivity contribution is 0.281. The molecule has 0 aromatic heterocycles. The standard InChI is InChI=1S/C14H21FN2OS/c1-16-14(12-3-2-4-13(15)11-12)5-6-17-7-9-19(18)10-8-17/h2-4,11,14,16H,5-10H2,1H3. The van der Waals surface area contributed by atoms with Crippen LogP contribution >= 0.6 is 0 Å². The predicted molar refractivity (Wildman–Crippen MR) is 77.1 cm³/mol. The zero-order valence-electron chi connectivity index (χ0n) is 11.3. The summed E-state index contributed by atoms with van der Waals surface area (Å²) in [7, 11) is 1.28. The van der Waals surface area contributed by atoms with Crippen molar-refractivity contribution in [3.05, 3.63) is 35.6 Å². The Bertz CT molecular complexity index is 431. The minimum atomic E-state index is -0.623. The van der Waals surface area contributed by atoms with Crippen LogP contribution < -0.4 is 5.32 Å². The maximum Gasteiger partial charge on any atom is 0.123 e. The van der Waals surface area contributed by atoms with E-state index in [4.69, 9.17) is 0 Å². The number of halogens is 1. The first-order valence-corrected chi connectivity index (χ1v) is 8.18. The summed E-state index contributed by atoms with van der Waals surface area (Å²) in [5.74, 6) is 1.38. The third kappa shape index (κ3) is 4.37. The Morgan fingerprint density at radius 3 is 2.79 bits per heavy atom. The normalized spacial score (nSPS) is 19.5. The van der Waals surface area contributed by atoms with Crippen molar-refractivity contribution < 1.29 is 8.60 Å². The molecule has 1 N–H and O–H groups in total. The third-order valence-electron chi connectivity index (χ3n) is 3.60. The number of benzene rings is 1. The molecular weight excluding hydrogens is 263 g/mol. The fraction of sp³-hybridized carbons (Fsp3) is 0.571. The lowest BCUT2D eigenvalue weighted by Gasteiger charge is -2.28. The van der Waals surface area contributed by atoms with Crippen LogP contribution in [0.15, 0.2) is 24.3 Å². The van der Waals surface area contributed by atoms with Gasteiger partial charge in [0.2, 0.25) is 0 Å². The lowest BCUT2D eigenvalue weighted by atomic mass is 10.0. The second-order valence-electron chi connectivity index (χ2n) is 4.87. The Morgan fingerprint density at radius 2 is 2.16 bits per heavy atom. The minimum absolute atomic E-state index is 0.170. The fourth-order valence-corrected chi connectivity index (χ4v) is 3.54. The Labute approximate surface area is 116 Å². The van der Waals surface area contributed by atoms with Crippen molar-refractivity contribution >= 4 is 10.8 Å². The van der Waals surface area contributed by atoms with Crippen LogP contribution in [0.2, 0.25) is 0 Å². The van der Waals surface area contributed by atoms with E-state index in [1.165, 1.54) is 6.07 Å². The SMILES string of the molecule is CNC(CCN1CCS(=O)CC1)c1cccc(F)c1. The van der Waals surface area contributed by atoms with Crippen LogP contribution in [0.4, 0.5) is 4.39 Å². The van der Waals surface area contributed by atoms with Gasteiger partial charge in [0.05, 0.1) is 0 Å². The van der Waals surface area contributed by atoms with Gasteiger partial charge in [-0.05, 0) is 31.2 Å². The highest BCUT2D eigenvalue weighted by Gasteiger charge is 2.17. The molecule has 3 nitrogen and oxygen atoms in total. The highest BCUT2D eigenvalue weighted by atomic mass is 32.2. The molecule has 0 spiro atoms. The predicted octanol–water partition coefficient (Wildman–Crippen LogP) is 1.54. The zero-order chi connectivity index (χ0) is 13.7. The molecule has 19 heavy (non-hydrogen) atoms. The summed E-state index contributed by atoms with van der Waals surface area (Å²) in [6.07, 6.45) is 0.937. The summed E-state index contributed by atoms with van der Waals surface area (Å²) in [6.45, 7) is 2.78. The van der Waals surface area contributed by atoms with Crippen LogP contribution in [-0.2, 0) is 10.8 Å². The van der Waals surface area contributed by atoms with Crippen molar-refractivity contribution in [2.75, 3.05) is 38.2 Å². The second kappa shape index (κ2) is 7.12. The fourth-order valence-electron chi connectivity index (χ4n) is 2.41. The second-order valence-corrected chi connectivity index (χ2v) is 6.57. The van der Waals surface area contributed by atoms with E-state index in [1.54, 1.807) is 12.1 Å². The lowest BCUT2D eigenvalue weighted by Crippen LogP contribution is -2.39. The van der Waals surface area contributed by atoms with E-state index in [1.807, 2.05) is 13.1 Å². The summed E-state index contributed by atoms with van der Waals surface area (Å²) < 4.78 is 24.5. The molecule has 1 saturated heterocycles. The van der Waals surface area contributed by atoms with Gasteiger partial charge in [0.25, 0.3) is 0 Å². The molecule has 0 saturated carbocycles. The molecule has 106 valence electrons. The molecule has 0 radical (unpaired) electrons. The first kappa shape index (κ1) is 14.6. The molecule has 1 aliphatic rings. The number of nitrogens with zero attached hydrogens (tertiary/aromatic N) is 1. The quantitative estimate of drug-likeness (QED) is 0.890. The van der Waals surface area contributed by atoms with Crippen LogP contribution in [0.5, 0.6) is 0 Å². The average molecular weight is 284 g/mol. The smallest absolute Gasteiger partial charge is 0.123 e.